The van der Waals surface area contributed by atoms with Gasteiger partial charge in [0.25, 0.3) is 5.91 Å². The number of amides is 1. The van der Waals surface area contributed by atoms with Gasteiger partial charge in [-0.2, -0.15) is 18.2 Å². The Kier molecular flexibility index (Phi) is 8.00. The van der Waals surface area contributed by atoms with Crippen molar-refractivity contribution < 1.29 is 32.0 Å². The van der Waals surface area contributed by atoms with Gasteiger partial charge in [-0.15, -0.1) is 0 Å². The third kappa shape index (κ3) is 6.44. The minimum Gasteiger partial charge on any atom is -0.507 e. The number of phenolic OH excluding ortho intramolecular Hbond substituents is 1. The van der Waals surface area contributed by atoms with E-state index in [0.717, 1.165) is 23.3 Å². The number of alkyl halides is 3. The van der Waals surface area contributed by atoms with Gasteiger partial charge in [0, 0.05) is 6.42 Å². The van der Waals surface area contributed by atoms with Gasteiger partial charge in [-0.3, -0.25) is 4.79 Å². The van der Waals surface area contributed by atoms with Gasteiger partial charge in [0.15, 0.2) is 5.82 Å². The molecule has 4 aromatic carbocycles. The minimum atomic E-state index is -4.48. The van der Waals surface area contributed by atoms with Crippen molar-refractivity contribution >= 4 is 17.5 Å². The van der Waals surface area contributed by atoms with Crippen molar-refractivity contribution in [2.24, 2.45) is 0 Å². The topological polar surface area (TPSA) is 88.2 Å². The van der Waals surface area contributed by atoms with Gasteiger partial charge >= 0.3 is 6.18 Å². The molecule has 0 bridgehead atoms. The van der Waals surface area contributed by atoms with Crippen LogP contribution in [0.15, 0.2) is 89.5 Å². The van der Waals surface area contributed by atoms with Crippen LogP contribution in [0, 0.1) is 12.7 Å². The van der Waals surface area contributed by atoms with E-state index in [1.54, 1.807) is 19.1 Å². The van der Waals surface area contributed by atoms with Gasteiger partial charge in [-0.1, -0.05) is 65.3 Å². The molecular formula is C31H22ClF4N3O3. The Morgan fingerprint density at radius 2 is 1.62 bits per heavy atom. The van der Waals surface area contributed by atoms with E-state index >= 15 is 0 Å². The maximum absolute atomic E-state index is 13.7. The molecule has 0 radical (unpaired) electrons. The second-order valence-corrected chi connectivity index (χ2v) is 9.95. The fourth-order valence-corrected chi connectivity index (χ4v) is 4.61. The first kappa shape index (κ1) is 28.8. The molecule has 0 aliphatic carbocycles. The number of halogens is 5. The fourth-order valence-electron chi connectivity index (χ4n) is 4.43. The molecule has 1 atom stereocenters. The number of aryl methyl sites for hydroxylation is 1. The average molecular weight is 596 g/mol. The second-order valence-electron chi connectivity index (χ2n) is 9.55. The van der Waals surface area contributed by atoms with Crippen LogP contribution < -0.4 is 5.32 Å². The monoisotopic (exact) mass is 595 g/mol. The third-order valence-electron chi connectivity index (χ3n) is 6.55. The quantitative estimate of drug-likeness (QED) is 0.186. The summed E-state index contributed by atoms with van der Waals surface area (Å²) in [5, 5.41) is 17.1. The van der Waals surface area contributed by atoms with E-state index in [0.29, 0.717) is 22.5 Å². The van der Waals surface area contributed by atoms with Crippen LogP contribution in [0.1, 0.15) is 39.2 Å². The number of carbonyl (C=O) groups excluding carboxylic acids is 1. The van der Waals surface area contributed by atoms with Crippen LogP contribution in [0.4, 0.5) is 17.6 Å². The largest absolute Gasteiger partial charge is 0.507 e. The van der Waals surface area contributed by atoms with Crippen LogP contribution in [-0.2, 0) is 12.6 Å². The zero-order chi connectivity index (χ0) is 30.0. The van der Waals surface area contributed by atoms with E-state index < -0.39 is 29.5 Å². The number of aromatic nitrogens is 2. The lowest BCUT2D eigenvalue weighted by Gasteiger charge is -2.17. The summed E-state index contributed by atoms with van der Waals surface area (Å²) in [6, 6.07) is 19.6. The lowest BCUT2D eigenvalue weighted by Crippen LogP contribution is -2.30. The summed E-state index contributed by atoms with van der Waals surface area (Å²) in [6.07, 6.45) is -4.26. The van der Waals surface area contributed by atoms with Crippen molar-refractivity contribution in [2.45, 2.75) is 25.6 Å². The van der Waals surface area contributed by atoms with Gasteiger partial charge in [-0.25, -0.2) is 4.39 Å². The van der Waals surface area contributed by atoms with Crippen molar-refractivity contribution in [2.75, 3.05) is 0 Å². The third-order valence-corrected chi connectivity index (χ3v) is 6.84. The molecule has 0 saturated heterocycles. The molecule has 214 valence electrons. The SMILES string of the molecule is Cc1noc(C(Cc2cccc(-c3ccc(F)c(Cl)c3)c2)NC(=O)c2cc(-c3ccc(C(F)(F)F)cc3)ccc2O)n1. The molecule has 1 amide bonds. The Morgan fingerprint density at radius 3 is 2.29 bits per heavy atom. The molecule has 11 heteroatoms. The van der Waals surface area contributed by atoms with E-state index in [1.807, 2.05) is 18.2 Å². The molecule has 5 rings (SSSR count). The number of nitrogens with one attached hydrogen (secondary N) is 1. The predicted octanol–water partition coefficient (Wildman–Crippen LogP) is 7.94. The summed E-state index contributed by atoms with van der Waals surface area (Å²) in [7, 11) is 0. The molecule has 0 aliphatic heterocycles. The Labute approximate surface area is 242 Å². The summed E-state index contributed by atoms with van der Waals surface area (Å²) < 4.78 is 58.0. The number of rotatable bonds is 7. The zero-order valence-corrected chi connectivity index (χ0v) is 22.7. The van der Waals surface area contributed by atoms with E-state index in [9.17, 15) is 27.5 Å². The summed E-state index contributed by atoms with van der Waals surface area (Å²) in [5.74, 6) is -1.03. The molecule has 5 aromatic rings. The van der Waals surface area contributed by atoms with Crippen LogP contribution in [0.5, 0.6) is 5.75 Å². The van der Waals surface area contributed by atoms with E-state index in [4.69, 9.17) is 16.1 Å². The van der Waals surface area contributed by atoms with Crippen LogP contribution >= 0.6 is 11.6 Å². The molecule has 1 unspecified atom stereocenters. The van der Waals surface area contributed by atoms with Crippen molar-refractivity contribution in [3.05, 3.63) is 124 Å². The van der Waals surface area contributed by atoms with Crippen molar-refractivity contribution in [3.8, 4) is 28.0 Å². The molecule has 0 spiro atoms. The summed E-state index contributed by atoms with van der Waals surface area (Å²) in [4.78, 5) is 17.7. The highest BCUT2D eigenvalue weighted by molar-refractivity contribution is 6.31. The normalized spacial score (nSPS) is 12.2. The van der Waals surface area contributed by atoms with Gasteiger partial charge in [0.05, 0.1) is 16.1 Å². The lowest BCUT2D eigenvalue weighted by atomic mass is 9.98. The molecular weight excluding hydrogens is 574 g/mol. The smallest absolute Gasteiger partial charge is 0.416 e. The standard InChI is InChI=1S/C31H22ClF4N3O3/c1-17-37-30(42-39-17)27(14-18-3-2-4-20(13-18)22-7-11-26(33)25(32)16-22)38-29(41)24-15-21(8-12-28(24)40)19-5-9-23(10-6-19)31(34,35)36/h2-13,15-16,27,40H,14H2,1H3,(H,38,41). The fraction of sp³-hybridized carbons (Fsp3) is 0.129. The van der Waals surface area contributed by atoms with Gasteiger partial charge in [-0.05, 0) is 71.1 Å². The van der Waals surface area contributed by atoms with E-state index in [1.165, 1.54) is 42.5 Å². The first-order chi connectivity index (χ1) is 20.0. The number of hydrogen-bond acceptors (Lipinski definition) is 5. The second kappa shape index (κ2) is 11.7. The van der Waals surface area contributed by atoms with E-state index in [2.05, 4.69) is 15.5 Å². The number of phenols is 1. The molecule has 0 aliphatic rings. The molecule has 2 N–H and O–H groups in total. The number of nitrogens with zero attached hydrogens (tertiary/aromatic N) is 2. The van der Waals surface area contributed by atoms with Crippen LogP contribution in [0.3, 0.4) is 0 Å². The highest BCUT2D eigenvalue weighted by Gasteiger charge is 2.30. The number of aromatic hydroxyl groups is 1. The Morgan fingerprint density at radius 1 is 0.952 bits per heavy atom. The van der Waals surface area contributed by atoms with Crippen LogP contribution in [-0.4, -0.2) is 21.2 Å². The maximum Gasteiger partial charge on any atom is 0.416 e. The van der Waals surface area contributed by atoms with Crippen LogP contribution in [0.2, 0.25) is 5.02 Å². The Bertz CT molecular complexity index is 1750. The lowest BCUT2D eigenvalue weighted by molar-refractivity contribution is -0.137. The molecule has 1 heterocycles. The van der Waals surface area contributed by atoms with Crippen molar-refractivity contribution in [1.29, 1.82) is 0 Å². The molecule has 42 heavy (non-hydrogen) atoms. The van der Waals surface area contributed by atoms with Gasteiger partial charge < -0.3 is 14.9 Å². The first-order valence-corrected chi connectivity index (χ1v) is 13.0. The predicted molar refractivity (Wildman–Crippen MR) is 148 cm³/mol. The molecule has 0 fully saturated rings. The minimum absolute atomic E-state index is 0.0114. The molecule has 6 nitrogen and oxygen atoms in total. The highest BCUT2D eigenvalue weighted by Crippen LogP contribution is 2.33. The maximum atomic E-state index is 13.7. The molecule has 0 saturated carbocycles. The Balaban J connectivity index is 1.42. The summed E-state index contributed by atoms with van der Waals surface area (Å²) >= 11 is 5.96. The van der Waals surface area contributed by atoms with E-state index in [-0.39, 0.29) is 28.6 Å². The number of benzene rings is 4. The number of hydrogen-bond donors (Lipinski definition) is 2. The first-order valence-electron chi connectivity index (χ1n) is 12.6. The average Bonchev–Trinajstić information content (AvgIpc) is 3.40. The summed E-state index contributed by atoms with van der Waals surface area (Å²) in [5.41, 5.74) is 2.21. The van der Waals surface area contributed by atoms with Gasteiger partial charge in [0.1, 0.15) is 17.6 Å². The number of carbonyl (C=O) groups is 1. The zero-order valence-electron chi connectivity index (χ0n) is 21.9. The summed E-state index contributed by atoms with van der Waals surface area (Å²) in [6.45, 7) is 1.63. The van der Waals surface area contributed by atoms with Gasteiger partial charge in [0.2, 0.25) is 5.89 Å². The van der Waals surface area contributed by atoms with Crippen LogP contribution in [0.25, 0.3) is 22.3 Å². The highest BCUT2D eigenvalue weighted by atomic mass is 35.5. The van der Waals surface area contributed by atoms with Crippen molar-refractivity contribution in [3.63, 3.8) is 0 Å². The Hall–Kier alpha value is -4.70. The molecule has 1 aromatic heterocycles. The van der Waals surface area contributed by atoms with Crippen molar-refractivity contribution in [1.82, 2.24) is 15.5 Å².